The molecule has 138 valence electrons. The van der Waals surface area contributed by atoms with Crippen LogP contribution in [0.3, 0.4) is 0 Å². The molecule has 4 rings (SSSR count). The van der Waals surface area contributed by atoms with Gasteiger partial charge < -0.3 is 9.88 Å². The predicted octanol–water partition coefficient (Wildman–Crippen LogP) is 4.07. The number of aryl methyl sites for hydroxylation is 1. The van der Waals surface area contributed by atoms with E-state index in [1.165, 1.54) is 0 Å². The number of hydrogen-bond acceptors (Lipinski definition) is 3. The Hall–Kier alpha value is -2.86. The van der Waals surface area contributed by atoms with Crippen LogP contribution in [0, 0.1) is 11.8 Å². The topological polar surface area (TPSA) is 76.0 Å². The third-order valence-electron chi connectivity index (χ3n) is 4.93. The fourth-order valence-corrected chi connectivity index (χ4v) is 3.25. The lowest BCUT2D eigenvalue weighted by Gasteiger charge is -2.07. The fourth-order valence-electron chi connectivity index (χ4n) is 3.09. The molecule has 1 aliphatic rings. The van der Waals surface area contributed by atoms with Crippen molar-refractivity contribution in [1.29, 1.82) is 0 Å². The summed E-state index contributed by atoms with van der Waals surface area (Å²) in [5, 5.41) is 6.29. The number of anilines is 2. The normalized spacial score (nSPS) is 18.3. The molecule has 2 aromatic carbocycles. The Labute approximate surface area is 161 Å². The van der Waals surface area contributed by atoms with Crippen LogP contribution in [0.1, 0.15) is 23.7 Å². The maximum atomic E-state index is 12.5. The molecule has 3 aromatic rings. The predicted molar refractivity (Wildman–Crippen MR) is 106 cm³/mol. The van der Waals surface area contributed by atoms with E-state index in [2.05, 4.69) is 22.5 Å². The van der Waals surface area contributed by atoms with Crippen LogP contribution in [0.2, 0.25) is 5.02 Å². The first-order valence-electron chi connectivity index (χ1n) is 8.76. The summed E-state index contributed by atoms with van der Waals surface area (Å²) in [7, 11) is 1.83. The Morgan fingerprint density at radius 1 is 1.15 bits per heavy atom. The molecule has 2 atom stereocenters. The number of nitrogens with one attached hydrogen (secondary N) is 2. The molecular formula is C20H19ClN4O2. The highest BCUT2D eigenvalue weighted by molar-refractivity contribution is 6.31. The summed E-state index contributed by atoms with van der Waals surface area (Å²) in [6, 6.07) is 12.2. The number of benzene rings is 2. The first-order chi connectivity index (χ1) is 12.9. The zero-order valence-electron chi connectivity index (χ0n) is 15.0. The molecule has 1 fully saturated rings. The van der Waals surface area contributed by atoms with Crippen LogP contribution in [-0.2, 0) is 11.8 Å². The molecule has 1 heterocycles. The quantitative estimate of drug-likeness (QED) is 0.714. The second kappa shape index (κ2) is 6.70. The molecule has 6 nitrogen and oxygen atoms in total. The van der Waals surface area contributed by atoms with Crippen molar-refractivity contribution in [1.82, 2.24) is 9.55 Å². The summed E-state index contributed by atoms with van der Waals surface area (Å²) >= 11 is 6.00. The summed E-state index contributed by atoms with van der Waals surface area (Å²) in [6.07, 6.45) is 0.940. The first kappa shape index (κ1) is 17.5. The number of nitrogens with zero attached hydrogens (tertiary/aromatic N) is 2. The minimum absolute atomic E-state index is 0.0399. The standard InChI is InChI=1S/C20H19ClN4O2/c1-11-9-15(11)19(27)22-14-6-3-12(4-7-14)18(26)24-20-23-16-10-13(21)5-8-17(16)25(20)2/h3-8,10-11,15H,9H2,1-2H3,(H,22,27)(H,23,24,26). The molecule has 1 aromatic heterocycles. The Morgan fingerprint density at radius 2 is 1.85 bits per heavy atom. The number of carbonyl (C=O) groups excluding carboxylic acids is 2. The zero-order valence-corrected chi connectivity index (χ0v) is 15.7. The van der Waals surface area contributed by atoms with Gasteiger partial charge in [-0.25, -0.2) is 4.98 Å². The highest BCUT2D eigenvalue weighted by atomic mass is 35.5. The molecule has 0 bridgehead atoms. The van der Waals surface area contributed by atoms with Gasteiger partial charge in [0.15, 0.2) is 0 Å². The number of rotatable bonds is 4. The first-order valence-corrected chi connectivity index (χ1v) is 9.14. The van der Waals surface area contributed by atoms with E-state index in [0.29, 0.717) is 33.7 Å². The summed E-state index contributed by atoms with van der Waals surface area (Å²) in [4.78, 5) is 28.9. The van der Waals surface area contributed by atoms with Crippen molar-refractivity contribution < 1.29 is 9.59 Å². The summed E-state index contributed by atoms with van der Waals surface area (Å²) in [5.74, 6) is 0.779. The monoisotopic (exact) mass is 382 g/mol. The maximum absolute atomic E-state index is 12.5. The number of fused-ring (bicyclic) bond motifs is 1. The van der Waals surface area contributed by atoms with E-state index < -0.39 is 0 Å². The van der Waals surface area contributed by atoms with Gasteiger partial charge in [0.2, 0.25) is 11.9 Å². The van der Waals surface area contributed by atoms with Gasteiger partial charge in [0.05, 0.1) is 11.0 Å². The van der Waals surface area contributed by atoms with Crippen molar-refractivity contribution in [2.75, 3.05) is 10.6 Å². The van der Waals surface area contributed by atoms with Gasteiger partial charge >= 0.3 is 0 Å². The summed E-state index contributed by atoms with van der Waals surface area (Å²) in [5.41, 5.74) is 2.76. The summed E-state index contributed by atoms with van der Waals surface area (Å²) < 4.78 is 1.80. The number of halogens is 1. The minimum Gasteiger partial charge on any atom is -0.326 e. The Bertz CT molecular complexity index is 1040. The Kier molecular flexibility index (Phi) is 4.36. The molecule has 0 spiro atoms. The zero-order chi connectivity index (χ0) is 19.1. The Balaban J connectivity index is 1.47. The van der Waals surface area contributed by atoms with E-state index in [4.69, 9.17) is 11.6 Å². The van der Waals surface area contributed by atoms with Crippen molar-refractivity contribution in [3.05, 3.63) is 53.1 Å². The SMILES string of the molecule is CC1CC1C(=O)Nc1ccc(C(=O)Nc2nc3cc(Cl)ccc3n2C)cc1. The molecule has 1 aliphatic carbocycles. The van der Waals surface area contributed by atoms with Gasteiger partial charge in [-0.05, 0) is 54.8 Å². The van der Waals surface area contributed by atoms with Gasteiger partial charge in [0.1, 0.15) is 0 Å². The van der Waals surface area contributed by atoms with Crippen LogP contribution in [-0.4, -0.2) is 21.4 Å². The van der Waals surface area contributed by atoms with Crippen molar-refractivity contribution in [3.63, 3.8) is 0 Å². The largest absolute Gasteiger partial charge is 0.326 e. The van der Waals surface area contributed by atoms with Gasteiger partial charge in [0.25, 0.3) is 5.91 Å². The average Bonchev–Trinajstić information content (AvgIpc) is 3.30. The lowest BCUT2D eigenvalue weighted by molar-refractivity contribution is -0.117. The molecule has 27 heavy (non-hydrogen) atoms. The van der Waals surface area contributed by atoms with Gasteiger partial charge in [-0.1, -0.05) is 18.5 Å². The molecule has 2 N–H and O–H groups in total. The van der Waals surface area contributed by atoms with Crippen LogP contribution in [0.4, 0.5) is 11.6 Å². The van der Waals surface area contributed by atoms with Gasteiger partial charge in [0, 0.05) is 29.2 Å². The van der Waals surface area contributed by atoms with Crippen molar-refractivity contribution in [2.45, 2.75) is 13.3 Å². The van der Waals surface area contributed by atoms with Crippen molar-refractivity contribution in [3.8, 4) is 0 Å². The second-order valence-electron chi connectivity index (χ2n) is 6.97. The lowest BCUT2D eigenvalue weighted by atomic mass is 10.2. The average molecular weight is 383 g/mol. The van der Waals surface area contributed by atoms with E-state index in [-0.39, 0.29) is 17.7 Å². The molecule has 7 heteroatoms. The highest BCUT2D eigenvalue weighted by Gasteiger charge is 2.39. The van der Waals surface area contributed by atoms with Gasteiger partial charge in [-0.2, -0.15) is 0 Å². The highest BCUT2D eigenvalue weighted by Crippen LogP contribution is 2.38. The molecule has 2 amide bonds. The molecule has 0 radical (unpaired) electrons. The van der Waals surface area contributed by atoms with E-state index in [1.54, 1.807) is 41.0 Å². The van der Waals surface area contributed by atoms with E-state index in [1.807, 2.05) is 13.1 Å². The van der Waals surface area contributed by atoms with Crippen LogP contribution in [0.25, 0.3) is 11.0 Å². The smallest absolute Gasteiger partial charge is 0.257 e. The molecular weight excluding hydrogens is 364 g/mol. The number of carbonyl (C=O) groups is 2. The number of amides is 2. The third kappa shape index (κ3) is 3.53. The lowest BCUT2D eigenvalue weighted by Crippen LogP contribution is -2.16. The molecule has 1 saturated carbocycles. The van der Waals surface area contributed by atoms with Crippen LogP contribution in [0.5, 0.6) is 0 Å². The number of aromatic nitrogens is 2. The van der Waals surface area contributed by atoms with Gasteiger partial charge in [-0.15, -0.1) is 0 Å². The van der Waals surface area contributed by atoms with Crippen molar-refractivity contribution in [2.24, 2.45) is 18.9 Å². The van der Waals surface area contributed by atoms with Crippen LogP contribution >= 0.6 is 11.6 Å². The van der Waals surface area contributed by atoms with E-state index in [0.717, 1.165) is 11.9 Å². The molecule has 0 aliphatic heterocycles. The van der Waals surface area contributed by atoms with E-state index in [9.17, 15) is 9.59 Å². The van der Waals surface area contributed by atoms with E-state index >= 15 is 0 Å². The maximum Gasteiger partial charge on any atom is 0.257 e. The Morgan fingerprint density at radius 3 is 2.52 bits per heavy atom. The number of imidazole rings is 1. The third-order valence-corrected chi connectivity index (χ3v) is 5.16. The van der Waals surface area contributed by atoms with Crippen LogP contribution < -0.4 is 10.6 Å². The second-order valence-corrected chi connectivity index (χ2v) is 7.40. The molecule has 0 saturated heterocycles. The fraction of sp³-hybridized carbons (Fsp3) is 0.250. The van der Waals surface area contributed by atoms with Crippen LogP contribution in [0.15, 0.2) is 42.5 Å². The van der Waals surface area contributed by atoms with Crippen molar-refractivity contribution >= 4 is 46.1 Å². The summed E-state index contributed by atoms with van der Waals surface area (Å²) in [6.45, 7) is 2.06. The number of hydrogen-bond donors (Lipinski definition) is 2. The van der Waals surface area contributed by atoms with Gasteiger partial charge in [-0.3, -0.25) is 14.9 Å². The minimum atomic E-state index is -0.270. The molecule has 2 unspecified atom stereocenters.